The van der Waals surface area contributed by atoms with Crippen LogP contribution >= 0.6 is 0 Å². The van der Waals surface area contributed by atoms with Gasteiger partial charge in [-0.3, -0.25) is 4.79 Å². The molecule has 0 aliphatic carbocycles. The normalized spacial score (nSPS) is 17.4. The van der Waals surface area contributed by atoms with E-state index in [-0.39, 0.29) is 5.91 Å². The summed E-state index contributed by atoms with van der Waals surface area (Å²) in [6, 6.07) is 0. The Bertz CT molecular complexity index is 152. The van der Waals surface area contributed by atoms with Gasteiger partial charge in [0.1, 0.15) is 0 Å². The number of carbonyl (C=O) groups is 1. The average Bonchev–Trinajstić information content (AvgIpc) is 2.17. The number of hydrazone groups is 1. The third-order valence-electron chi connectivity index (χ3n) is 1.14. The molecular weight excluding hydrogens is 118 g/mol. The third kappa shape index (κ3) is 1.50. The maximum Gasteiger partial charge on any atom is 0.245 e. The Morgan fingerprint density at radius 3 is 3.00 bits per heavy atom. The van der Waals surface area contributed by atoms with Gasteiger partial charge in [-0.1, -0.05) is 0 Å². The van der Waals surface area contributed by atoms with Crippen molar-refractivity contribution in [3.8, 4) is 0 Å². The fraction of sp³-hybridized carbons (Fsp3) is 0.600. The van der Waals surface area contributed by atoms with Gasteiger partial charge in [-0.05, 0) is 6.54 Å². The van der Waals surface area contributed by atoms with Crippen LogP contribution < -0.4 is 11.2 Å². The number of hydrogen-bond donors (Lipinski definition) is 2. The van der Waals surface area contributed by atoms with Gasteiger partial charge in [-0.2, -0.15) is 5.10 Å². The molecule has 0 aromatic heterocycles. The fourth-order valence-corrected chi connectivity index (χ4v) is 0.717. The van der Waals surface area contributed by atoms with Crippen LogP contribution in [0.4, 0.5) is 0 Å². The standard InChI is InChI=1S/C5H9N3O/c6-2-1-4-3-5(9)8-7-4/h1-3,6H2,(H,8,9). The lowest BCUT2D eigenvalue weighted by atomic mass is 10.2. The molecule has 0 saturated heterocycles. The van der Waals surface area contributed by atoms with Gasteiger partial charge in [0.2, 0.25) is 5.91 Å². The lowest BCUT2D eigenvalue weighted by molar-refractivity contribution is -0.119. The van der Waals surface area contributed by atoms with Crippen LogP contribution in [0.5, 0.6) is 0 Å². The Balaban J connectivity index is 2.36. The van der Waals surface area contributed by atoms with Crippen LogP contribution in [0.25, 0.3) is 0 Å². The number of amides is 1. The Kier molecular flexibility index (Phi) is 1.79. The lowest BCUT2D eigenvalue weighted by Gasteiger charge is -1.88. The summed E-state index contributed by atoms with van der Waals surface area (Å²) >= 11 is 0. The monoisotopic (exact) mass is 127 g/mol. The molecule has 1 heterocycles. The number of nitrogens with zero attached hydrogens (tertiary/aromatic N) is 1. The molecule has 0 unspecified atom stereocenters. The van der Waals surface area contributed by atoms with Crippen LogP contribution in [0.2, 0.25) is 0 Å². The van der Waals surface area contributed by atoms with E-state index in [2.05, 4.69) is 10.5 Å². The molecule has 4 heteroatoms. The summed E-state index contributed by atoms with van der Waals surface area (Å²) in [5.41, 5.74) is 8.45. The van der Waals surface area contributed by atoms with Gasteiger partial charge in [0.05, 0.1) is 6.42 Å². The average molecular weight is 127 g/mol. The summed E-state index contributed by atoms with van der Waals surface area (Å²) in [6.45, 7) is 0.563. The molecule has 0 aromatic carbocycles. The second-order valence-corrected chi connectivity index (χ2v) is 1.93. The third-order valence-corrected chi connectivity index (χ3v) is 1.14. The molecule has 0 saturated carbocycles. The molecule has 1 rings (SSSR count). The smallest absolute Gasteiger partial charge is 0.245 e. The first-order valence-electron chi connectivity index (χ1n) is 2.87. The molecule has 50 valence electrons. The first-order valence-corrected chi connectivity index (χ1v) is 2.87. The minimum absolute atomic E-state index is 0.0292. The highest BCUT2D eigenvalue weighted by Gasteiger charge is 2.12. The van der Waals surface area contributed by atoms with E-state index in [4.69, 9.17) is 5.73 Å². The van der Waals surface area contributed by atoms with Crippen molar-refractivity contribution in [2.75, 3.05) is 6.54 Å². The summed E-state index contributed by atoms with van der Waals surface area (Å²) in [6.07, 6.45) is 1.15. The molecule has 0 atom stereocenters. The molecule has 0 spiro atoms. The Hall–Kier alpha value is -0.900. The lowest BCUT2D eigenvalue weighted by Crippen LogP contribution is -2.10. The molecule has 0 aromatic rings. The summed E-state index contributed by atoms with van der Waals surface area (Å²) in [5, 5.41) is 3.74. The summed E-state index contributed by atoms with van der Waals surface area (Å²) in [5.74, 6) is -0.0292. The van der Waals surface area contributed by atoms with Crippen molar-refractivity contribution in [3.63, 3.8) is 0 Å². The molecular formula is C5H9N3O. The summed E-state index contributed by atoms with van der Waals surface area (Å²) in [7, 11) is 0. The van der Waals surface area contributed by atoms with Gasteiger partial charge >= 0.3 is 0 Å². The van der Waals surface area contributed by atoms with Crippen molar-refractivity contribution in [2.24, 2.45) is 10.8 Å². The number of hydrogen-bond acceptors (Lipinski definition) is 3. The van der Waals surface area contributed by atoms with E-state index in [0.717, 1.165) is 12.1 Å². The van der Waals surface area contributed by atoms with Crippen LogP contribution in [-0.4, -0.2) is 18.2 Å². The quantitative estimate of drug-likeness (QED) is 0.510. The molecule has 0 bridgehead atoms. The van der Waals surface area contributed by atoms with Crippen molar-refractivity contribution in [1.82, 2.24) is 5.43 Å². The van der Waals surface area contributed by atoms with E-state index in [0.29, 0.717) is 13.0 Å². The van der Waals surface area contributed by atoms with E-state index >= 15 is 0 Å². The predicted molar refractivity (Wildman–Crippen MR) is 33.9 cm³/mol. The van der Waals surface area contributed by atoms with Gasteiger partial charge < -0.3 is 5.73 Å². The zero-order valence-corrected chi connectivity index (χ0v) is 5.05. The second kappa shape index (κ2) is 2.59. The molecule has 0 fully saturated rings. The number of rotatable bonds is 2. The van der Waals surface area contributed by atoms with E-state index in [9.17, 15) is 4.79 Å². The van der Waals surface area contributed by atoms with Crippen molar-refractivity contribution in [2.45, 2.75) is 12.8 Å². The molecule has 3 N–H and O–H groups in total. The highest BCUT2D eigenvalue weighted by molar-refractivity contribution is 6.04. The number of nitrogens with one attached hydrogen (secondary N) is 1. The van der Waals surface area contributed by atoms with E-state index in [1.54, 1.807) is 0 Å². The Morgan fingerprint density at radius 1 is 1.78 bits per heavy atom. The van der Waals surface area contributed by atoms with Crippen molar-refractivity contribution in [3.05, 3.63) is 0 Å². The predicted octanol–water partition coefficient (Wildman–Crippen LogP) is -0.789. The first-order chi connectivity index (χ1) is 4.33. The Morgan fingerprint density at radius 2 is 2.56 bits per heavy atom. The van der Waals surface area contributed by atoms with Crippen molar-refractivity contribution >= 4 is 11.6 Å². The largest absolute Gasteiger partial charge is 0.330 e. The molecule has 1 aliphatic heterocycles. The van der Waals surface area contributed by atoms with Gasteiger partial charge in [0, 0.05) is 12.1 Å². The fourth-order valence-electron chi connectivity index (χ4n) is 0.717. The SMILES string of the molecule is NCCC1=NNC(=O)C1. The summed E-state index contributed by atoms with van der Waals surface area (Å²) < 4.78 is 0. The minimum atomic E-state index is -0.0292. The van der Waals surface area contributed by atoms with Crippen LogP contribution in [0.3, 0.4) is 0 Å². The Labute approximate surface area is 53.1 Å². The van der Waals surface area contributed by atoms with E-state index in [1.807, 2.05) is 0 Å². The van der Waals surface area contributed by atoms with Gasteiger partial charge in [-0.25, -0.2) is 5.43 Å². The van der Waals surface area contributed by atoms with Gasteiger partial charge in [0.15, 0.2) is 0 Å². The molecule has 1 aliphatic rings. The maximum atomic E-state index is 10.5. The molecule has 4 nitrogen and oxygen atoms in total. The van der Waals surface area contributed by atoms with Crippen LogP contribution in [0.1, 0.15) is 12.8 Å². The van der Waals surface area contributed by atoms with Crippen LogP contribution in [0.15, 0.2) is 5.10 Å². The molecule has 9 heavy (non-hydrogen) atoms. The highest BCUT2D eigenvalue weighted by atomic mass is 16.2. The maximum absolute atomic E-state index is 10.5. The summed E-state index contributed by atoms with van der Waals surface area (Å²) in [4.78, 5) is 10.5. The van der Waals surface area contributed by atoms with E-state index in [1.165, 1.54) is 0 Å². The zero-order valence-electron chi connectivity index (χ0n) is 5.05. The number of carbonyl (C=O) groups excluding carboxylic acids is 1. The van der Waals surface area contributed by atoms with E-state index < -0.39 is 0 Å². The van der Waals surface area contributed by atoms with Gasteiger partial charge in [0.25, 0.3) is 0 Å². The number of nitrogens with two attached hydrogens (primary N) is 1. The molecule has 0 radical (unpaired) electrons. The van der Waals surface area contributed by atoms with Crippen LogP contribution in [0, 0.1) is 0 Å². The van der Waals surface area contributed by atoms with Gasteiger partial charge in [-0.15, -0.1) is 0 Å². The van der Waals surface area contributed by atoms with Crippen molar-refractivity contribution in [1.29, 1.82) is 0 Å². The van der Waals surface area contributed by atoms with Crippen molar-refractivity contribution < 1.29 is 4.79 Å². The highest BCUT2D eigenvalue weighted by Crippen LogP contribution is 1.97. The minimum Gasteiger partial charge on any atom is -0.330 e. The zero-order chi connectivity index (χ0) is 6.69. The topological polar surface area (TPSA) is 67.5 Å². The second-order valence-electron chi connectivity index (χ2n) is 1.93. The molecule has 1 amide bonds. The first kappa shape index (κ1) is 6.22. The van der Waals surface area contributed by atoms with Crippen LogP contribution in [-0.2, 0) is 4.79 Å².